The Hall–Kier alpha value is -4.97. The van der Waals surface area contributed by atoms with E-state index in [0.717, 1.165) is 17.7 Å². The third kappa shape index (κ3) is 5.54. The van der Waals surface area contributed by atoms with Crippen molar-refractivity contribution in [3.05, 3.63) is 100 Å². The molecule has 6 rings (SSSR count). The van der Waals surface area contributed by atoms with Crippen molar-refractivity contribution in [3.8, 4) is 17.2 Å². The lowest BCUT2D eigenvalue weighted by molar-refractivity contribution is 0.0991. The van der Waals surface area contributed by atoms with Gasteiger partial charge in [-0.15, -0.1) is 0 Å². The van der Waals surface area contributed by atoms with Crippen molar-refractivity contribution >= 4 is 22.6 Å². The van der Waals surface area contributed by atoms with Gasteiger partial charge in [0, 0.05) is 44.0 Å². The van der Waals surface area contributed by atoms with Crippen LogP contribution in [0.15, 0.2) is 71.8 Å². The molecule has 12 heteroatoms. The third-order valence-corrected chi connectivity index (χ3v) is 6.80. The minimum atomic E-state index is -0.681. The van der Waals surface area contributed by atoms with Crippen molar-refractivity contribution in [2.75, 3.05) is 25.1 Å². The number of Topliss-reactive ketones (excluding diaryl/α,β-unsaturated/α-hetero) is 1. The molecule has 5 aromatic rings. The van der Waals surface area contributed by atoms with Gasteiger partial charge in [-0.25, -0.2) is 13.8 Å². The number of ketones is 1. The molecule has 0 spiro atoms. The number of aromatic amines is 1. The van der Waals surface area contributed by atoms with Crippen molar-refractivity contribution in [2.24, 2.45) is 5.92 Å². The van der Waals surface area contributed by atoms with Crippen LogP contribution in [-0.4, -0.2) is 50.5 Å². The number of nitrogens with one attached hydrogen (secondary N) is 2. The highest BCUT2D eigenvalue weighted by Crippen LogP contribution is 2.34. The molecule has 1 saturated heterocycles. The number of hydrogen-bond acceptors (Lipinski definition) is 8. The Labute approximate surface area is 231 Å². The third-order valence-electron chi connectivity index (χ3n) is 6.80. The summed E-state index contributed by atoms with van der Waals surface area (Å²) < 4.78 is 40.8. The number of H-pyrrole nitrogens is 1. The molecule has 4 heterocycles. The number of ether oxygens (including phenoxy) is 2. The van der Waals surface area contributed by atoms with Gasteiger partial charge >= 0.3 is 0 Å². The standard InChI is InChI=1S/C29H24F2N6O4/c30-19-2-4-20(5-3-19)37-29(39)21(7-11-34-37)23(38)14-17-1-6-24(22(31)13-17)41-25-8-10-32-27-26(25)28(36-35-27)33-15-18-9-12-40-16-18/h1-8,10-11,13,18H,9,12,14-16H2,(H2,32,33,35,36). The van der Waals surface area contributed by atoms with E-state index < -0.39 is 23.0 Å². The molecule has 1 aliphatic heterocycles. The largest absolute Gasteiger partial charge is 0.453 e. The van der Waals surface area contributed by atoms with Gasteiger partial charge in [-0.1, -0.05) is 6.07 Å². The number of hydrogen-bond donors (Lipinski definition) is 2. The van der Waals surface area contributed by atoms with E-state index in [1.165, 1.54) is 54.9 Å². The van der Waals surface area contributed by atoms with Crippen molar-refractivity contribution in [3.63, 3.8) is 0 Å². The van der Waals surface area contributed by atoms with E-state index in [2.05, 4.69) is 25.6 Å². The average Bonchev–Trinajstić information content (AvgIpc) is 3.64. The molecule has 1 atom stereocenters. The molecule has 10 nitrogen and oxygen atoms in total. The second-order valence-corrected chi connectivity index (χ2v) is 9.62. The molecule has 0 aliphatic carbocycles. The smallest absolute Gasteiger partial charge is 0.282 e. The van der Waals surface area contributed by atoms with Crippen LogP contribution in [0.4, 0.5) is 14.6 Å². The Bertz CT molecular complexity index is 1780. The van der Waals surface area contributed by atoms with E-state index in [-0.39, 0.29) is 17.7 Å². The highest BCUT2D eigenvalue weighted by atomic mass is 19.1. The predicted octanol–water partition coefficient (Wildman–Crippen LogP) is 4.45. The Kier molecular flexibility index (Phi) is 7.21. The lowest BCUT2D eigenvalue weighted by Crippen LogP contribution is -2.27. The van der Waals surface area contributed by atoms with Crippen LogP contribution < -0.4 is 15.6 Å². The van der Waals surface area contributed by atoms with E-state index in [4.69, 9.17) is 9.47 Å². The highest BCUT2D eigenvalue weighted by molar-refractivity contribution is 5.97. The molecule has 2 N–H and O–H groups in total. The minimum Gasteiger partial charge on any atom is -0.453 e. The summed E-state index contributed by atoms with van der Waals surface area (Å²) in [6, 6.07) is 12.3. The summed E-state index contributed by atoms with van der Waals surface area (Å²) in [5.41, 5.74) is 0.379. The Morgan fingerprint density at radius 1 is 1.10 bits per heavy atom. The number of benzene rings is 2. The molecule has 0 saturated carbocycles. The van der Waals surface area contributed by atoms with Gasteiger partial charge in [0.15, 0.2) is 28.8 Å². The van der Waals surface area contributed by atoms with Gasteiger partial charge in [0.05, 0.1) is 17.9 Å². The zero-order chi connectivity index (χ0) is 28.3. The first-order chi connectivity index (χ1) is 20.0. The number of rotatable bonds is 9. The van der Waals surface area contributed by atoms with Crippen LogP contribution in [0, 0.1) is 17.6 Å². The SMILES string of the molecule is O=C(Cc1ccc(Oc2ccnc3[nH]nc(NCC4CCOC4)c23)c(F)c1)c1ccnn(-c2ccc(F)cc2)c1=O. The summed E-state index contributed by atoms with van der Waals surface area (Å²) in [6.45, 7) is 2.08. The molecule has 0 bridgehead atoms. The molecular formula is C29H24F2N6O4. The number of carbonyl (C=O) groups excluding carboxylic acids is 1. The van der Waals surface area contributed by atoms with Crippen LogP contribution in [0.1, 0.15) is 22.3 Å². The van der Waals surface area contributed by atoms with E-state index in [9.17, 15) is 14.0 Å². The van der Waals surface area contributed by atoms with Crippen molar-refractivity contribution in [1.29, 1.82) is 0 Å². The van der Waals surface area contributed by atoms with Crippen molar-refractivity contribution in [1.82, 2.24) is 25.0 Å². The van der Waals surface area contributed by atoms with Crippen molar-refractivity contribution in [2.45, 2.75) is 12.8 Å². The summed E-state index contributed by atoms with van der Waals surface area (Å²) in [7, 11) is 0. The molecule has 2 aromatic carbocycles. The summed E-state index contributed by atoms with van der Waals surface area (Å²) in [6.07, 6.45) is 3.58. The Morgan fingerprint density at radius 3 is 2.73 bits per heavy atom. The van der Waals surface area contributed by atoms with Crippen LogP contribution in [0.2, 0.25) is 0 Å². The van der Waals surface area contributed by atoms with Crippen LogP contribution in [0.5, 0.6) is 11.5 Å². The first-order valence-electron chi connectivity index (χ1n) is 12.9. The summed E-state index contributed by atoms with van der Waals surface area (Å²) in [5, 5.41) is 15.0. The van der Waals surface area contributed by atoms with Gasteiger partial charge in [0.2, 0.25) is 0 Å². The van der Waals surface area contributed by atoms with Gasteiger partial charge < -0.3 is 14.8 Å². The summed E-state index contributed by atoms with van der Waals surface area (Å²) >= 11 is 0. The number of carbonyl (C=O) groups is 1. The van der Waals surface area contributed by atoms with Gasteiger partial charge in [0.1, 0.15) is 17.0 Å². The number of aromatic nitrogens is 5. The van der Waals surface area contributed by atoms with E-state index in [1.807, 2.05) is 0 Å². The summed E-state index contributed by atoms with van der Waals surface area (Å²) in [4.78, 5) is 30.2. The lowest BCUT2D eigenvalue weighted by atomic mass is 10.0. The molecule has 0 radical (unpaired) electrons. The predicted molar refractivity (Wildman–Crippen MR) is 146 cm³/mol. The fourth-order valence-electron chi connectivity index (χ4n) is 4.65. The topological polar surface area (TPSA) is 124 Å². The average molecular weight is 559 g/mol. The molecule has 1 fully saturated rings. The molecular weight excluding hydrogens is 534 g/mol. The van der Waals surface area contributed by atoms with Crippen molar-refractivity contribution < 1.29 is 23.0 Å². The lowest BCUT2D eigenvalue weighted by Gasteiger charge is -2.12. The number of fused-ring (bicyclic) bond motifs is 1. The van der Waals surface area contributed by atoms with Crippen LogP contribution >= 0.6 is 0 Å². The summed E-state index contributed by atoms with van der Waals surface area (Å²) in [5.74, 6) is -0.440. The van der Waals surface area contributed by atoms with Crippen LogP contribution in [0.25, 0.3) is 16.7 Å². The molecule has 1 aliphatic rings. The fraction of sp³-hybridized carbons (Fsp3) is 0.207. The minimum absolute atomic E-state index is 0.0485. The first kappa shape index (κ1) is 26.3. The first-order valence-corrected chi connectivity index (χ1v) is 12.9. The monoisotopic (exact) mass is 558 g/mol. The second kappa shape index (κ2) is 11.3. The van der Waals surface area contributed by atoms with E-state index >= 15 is 4.39 Å². The maximum absolute atomic E-state index is 15.2. The maximum atomic E-state index is 15.2. The zero-order valence-electron chi connectivity index (χ0n) is 21.6. The van der Waals surface area contributed by atoms with Gasteiger partial charge in [-0.2, -0.15) is 14.9 Å². The van der Waals surface area contributed by atoms with Crippen LogP contribution in [0.3, 0.4) is 0 Å². The highest BCUT2D eigenvalue weighted by Gasteiger charge is 2.20. The molecule has 41 heavy (non-hydrogen) atoms. The Morgan fingerprint density at radius 2 is 1.95 bits per heavy atom. The number of nitrogens with zero attached hydrogens (tertiary/aromatic N) is 4. The quantitative estimate of drug-likeness (QED) is 0.255. The normalized spacial score (nSPS) is 14.8. The molecule has 208 valence electrons. The molecule has 0 amide bonds. The molecule has 1 unspecified atom stereocenters. The number of pyridine rings is 1. The van der Waals surface area contributed by atoms with E-state index in [1.54, 1.807) is 12.1 Å². The number of anilines is 1. The number of halogens is 2. The van der Waals surface area contributed by atoms with Crippen LogP contribution in [-0.2, 0) is 11.2 Å². The Balaban J connectivity index is 1.19. The molecule has 3 aromatic heterocycles. The zero-order valence-corrected chi connectivity index (χ0v) is 21.6. The van der Waals surface area contributed by atoms with Gasteiger partial charge in [-0.05, 0) is 54.4 Å². The maximum Gasteiger partial charge on any atom is 0.282 e. The van der Waals surface area contributed by atoms with Gasteiger partial charge in [-0.3, -0.25) is 14.7 Å². The fourth-order valence-corrected chi connectivity index (χ4v) is 4.65. The van der Waals surface area contributed by atoms with Gasteiger partial charge in [0.25, 0.3) is 5.56 Å². The second-order valence-electron chi connectivity index (χ2n) is 9.62. The van der Waals surface area contributed by atoms with E-state index in [0.29, 0.717) is 52.9 Å².